The van der Waals surface area contributed by atoms with Crippen LogP contribution in [0.15, 0.2) is 24.3 Å². The van der Waals surface area contributed by atoms with Crippen molar-refractivity contribution in [3.63, 3.8) is 0 Å². The van der Waals surface area contributed by atoms with Gasteiger partial charge in [-0.25, -0.2) is 0 Å². The van der Waals surface area contributed by atoms with E-state index in [1.807, 2.05) is 4.90 Å². The third-order valence-electron chi connectivity index (χ3n) is 4.30. The molecule has 2 aliphatic rings. The van der Waals surface area contributed by atoms with Crippen LogP contribution < -0.4 is 5.32 Å². The Balaban J connectivity index is 1.75. The zero-order chi connectivity index (χ0) is 14.1. The van der Waals surface area contributed by atoms with E-state index >= 15 is 0 Å². The summed E-state index contributed by atoms with van der Waals surface area (Å²) in [5.41, 5.74) is 0.372. The lowest BCUT2D eigenvalue weighted by Crippen LogP contribution is -2.43. The molecule has 20 heavy (non-hydrogen) atoms. The fourth-order valence-corrected chi connectivity index (χ4v) is 3.15. The van der Waals surface area contributed by atoms with Gasteiger partial charge in [-0.2, -0.15) is 0 Å². The summed E-state index contributed by atoms with van der Waals surface area (Å²) >= 11 is 0. The van der Waals surface area contributed by atoms with Crippen LogP contribution in [0.4, 0.5) is 5.69 Å². The number of nitro benzene ring substituents is 1. The first-order valence-electron chi connectivity index (χ1n) is 6.89. The van der Waals surface area contributed by atoms with Crippen LogP contribution in [0.1, 0.15) is 16.8 Å². The molecule has 0 spiro atoms. The zero-order valence-corrected chi connectivity index (χ0v) is 11.1. The zero-order valence-electron chi connectivity index (χ0n) is 11.1. The third-order valence-corrected chi connectivity index (χ3v) is 4.30. The Labute approximate surface area is 116 Å². The second-order valence-corrected chi connectivity index (χ2v) is 5.53. The van der Waals surface area contributed by atoms with Gasteiger partial charge in [0.1, 0.15) is 0 Å². The number of fused-ring (bicyclic) bond motifs is 1. The van der Waals surface area contributed by atoms with Gasteiger partial charge < -0.3 is 10.2 Å². The van der Waals surface area contributed by atoms with E-state index < -0.39 is 4.92 Å². The van der Waals surface area contributed by atoms with Gasteiger partial charge in [0, 0.05) is 30.8 Å². The van der Waals surface area contributed by atoms with Crippen molar-refractivity contribution < 1.29 is 9.72 Å². The number of amides is 1. The molecule has 1 aromatic carbocycles. The maximum Gasteiger partial charge on any atom is 0.270 e. The fraction of sp³-hybridized carbons (Fsp3) is 0.500. The topological polar surface area (TPSA) is 75.5 Å². The molecule has 0 bridgehead atoms. The highest BCUT2D eigenvalue weighted by molar-refractivity contribution is 5.94. The van der Waals surface area contributed by atoms with Crippen molar-refractivity contribution in [3.05, 3.63) is 39.9 Å². The predicted octanol–water partition coefficient (Wildman–Crippen LogP) is 1.28. The summed E-state index contributed by atoms with van der Waals surface area (Å²) in [6.45, 7) is 3.50. The van der Waals surface area contributed by atoms with Crippen molar-refractivity contribution in [2.45, 2.75) is 6.42 Å². The van der Waals surface area contributed by atoms with Gasteiger partial charge in [-0.3, -0.25) is 14.9 Å². The van der Waals surface area contributed by atoms with Gasteiger partial charge >= 0.3 is 0 Å². The van der Waals surface area contributed by atoms with E-state index in [0.717, 1.165) is 32.6 Å². The number of piperidine rings is 1. The molecule has 2 fully saturated rings. The Hall–Kier alpha value is -1.95. The quantitative estimate of drug-likeness (QED) is 0.651. The summed E-state index contributed by atoms with van der Waals surface area (Å²) in [6, 6.07) is 5.98. The SMILES string of the molecule is O=C(c1cccc([N+](=O)[O-])c1)N1CCC2CNCC2C1. The summed E-state index contributed by atoms with van der Waals surface area (Å²) in [5, 5.41) is 14.1. The standard InChI is InChI=1S/C14H17N3O3/c18-14(10-2-1-3-13(6-10)17(19)20)16-5-4-11-7-15-8-12(11)9-16/h1-3,6,11-12,15H,4-5,7-9H2. The highest BCUT2D eigenvalue weighted by Crippen LogP contribution is 2.27. The minimum absolute atomic E-state index is 0.0340. The molecule has 6 heteroatoms. The fourth-order valence-electron chi connectivity index (χ4n) is 3.15. The lowest BCUT2D eigenvalue weighted by molar-refractivity contribution is -0.384. The molecule has 6 nitrogen and oxygen atoms in total. The number of likely N-dealkylation sites (tertiary alicyclic amines) is 1. The van der Waals surface area contributed by atoms with E-state index in [-0.39, 0.29) is 11.6 Å². The van der Waals surface area contributed by atoms with Gasteiger partial charge in [0.05, 0.1) is 4.92 Å². The van der Waals surface area contributed by atoms with Crippen LogP contribution >= 0.6 is 0 Å². The average molecular weight is 275 g/mol. The van der Waals surface area contributed by atoms with Gasteiger partial charge in [-0.05, 0) is 37.4 Å². The molecule has 2 heterocycles. The number of carbonyl (C=O) groups is 1. The van der Waals surface area contributed by atoms with Crippen LogP contribution in [0, 0.1) is 22.0 Å². The monoisotopic (exact) mass is 275 g/mol. The number of non-ortho nitro benzene ring substituents is 1. The second kappa shape index (κ2) is 5.20. The molecular weight excluding hydrogens is 258 g/mol. The molecule has 2 atom stereocenters. The Morgan fingerprint density at radius 1 is 1.35 bits per heavy atom. The van der Waals surface area contributed by atoms with Crippen LogP contribution in [0.2, 0.25) is 0 Å². The molecule has 106 valence electrons. The number of nitro groups is 1. The maximum atomic E-state index is 12.4. The lowest BCUT2D eigenvalue weighted by atomic mass is 9.88. The van der Waals surface area contributed by atoms with Crippen molar-refractivity contribution in [3.8, 4) is 0 Å². The first-order valence-corrected chi connectivity index (χ1v) is 6.89. The Kier molecular flexibility index (Phi) is 3.40. The highest BCUT2D eigenvalue weighted by Gasteiger charge is 2.34. The molecule has 0 aromatic heterocycles. The number of carbonyl (C=O) groups excluding carboxylic acids is 1. The van der Waals surface area contributed by atoms with E-state index in [9.17, 15) is 14.9 Å². The summed E-state index contributed by atoms with van der Waals surface area (Å²) in [6.07, 6.45) is 1.01. The molecule has 2 unspecified atom stereocenters. The first kappa shape index (κ1) is 13.1. The minimum Gasteiger partial charge on any atom is -0.338 e. The number of nitrogens with one attached hydrogen (secondary N) is 1. The highest BCUT2D eigenvalue weighted by atomic mass is 16.6. The van der Waals surface area contributed by atoms with Crippen LogP contribution in [-0.4, -0.2) is 41.9 Å². The smallest absolute Gasteiger partial charge is 0.270 e. The first-order chi connectivity index (χ1) is 9.65. The summed E-state index contributed by atoms with van der Waals surface area (Å²) in [5.74, 6) is 1.09. The molecule has 1 aromatic rings. The van der Waals surface area contributed by atoms with E-state index in [4.69, 9.17) is 0 Å². The molecule has 0 radical (unpaired) electrons. The van der Waals surface area contributed by atoms with Crippen LogP contribution in [-0.2, 0) is 0 Å². The van der Waals surface area contributed by atoms with Gasteiger partial charge in [0.25, 0.3) is 11.6 Å². The van der Waals surface area contributed by atoms with E-state index in [0.29, 0.717) is 17.4 Å². The van der Waals surface area contributed by atoms with Gasteiger partial charge in [-0.1, -0.05) is 6.07 Å². The lowest BCUT2D eigenvalue weighted by Gasteiger charge is -2.34. The molecular formula is C14H17N3O3. The van der Waals surface area contributed by atoms with Crippen molar-refractivity contribution in [1.82, 2.24) is 10.2 Å². The predicted molar refractivity (Wildman–Crippen MR) is 73.5 cm³/mol. The summed E-state index contributed by atoms with van der Waals surface area (Å²) in [7, 11) is 0. The minimum atomic E-state index is -0.468. The van der Waals surface area contributed by atoms with Crippen molar-refractivity contribution >= 4 is 11.6 Å². The largest absolute Gasteiger partial charge is 0.338 e. The van der Waals surface area contributed by atoms with Crippen LogP contribution in [0.5, 0.6) is 0 Å². The molecule has 0 saturated carbocycles. The number of rotatable bonds is 2. The van der Waals surface area contributed by atoms with E-state index in [1.165, 1.54) is 12.1 Å². The normalized spacial score (nSPS) is 25.3. The van der Waals surface area contributed by atoms with Crippen molar-refractivity contribution in [2.24, 2.45) is 11.8 Å². The number of hydrogen-bond donors (Lipinski definition) is 1. The molecule has 0 aliphatic carbocycles. The maximum absolute atomic E-state index is 12.4. The number of benzene rings is 1. The average Bonchev–Trinajstić information content (AvgIpc) is 2.94. The van der Waals surface area contributed by atoms with Crippen LogP contribution in [0.3, 0.4) is 0 Å². The van der Waals surface area contributed by atoms with Gasteiger partial charge in [0.15, 0.2) is 0 Å². The summed E-state index contributed by atoms with van der Waals surface area (Å²) in [4.78, 5) is 24.6. The molecule has 3 rings (SSSR count). The number of hydrogen-bond acceptors (Lipinski definition) is 4. The Morgan fingerprint density at radius 2 is 2.15 bits per heavy atom. The van der Waals surface area contributed by atoms with Gasteiger partial charge in [0.2, 0.25) is 0 Å². The molecule has 2 aliphatic heterocycles. The Bertz CT molecular complexity index is 546. The van der Waals surface area contributed by atoms with E-state index in [1.54, 1.807) is 12.1 Å². The van der Waals surface area contributed by atoms with Crippen LogP contribution in [0.25, 0.3) is 0 Å². The number of nitrogens with zero attached hydrogens (tertiary/aromatic N) is 2. The third kappa shape index (κ3) is 2.38. The Morgan fingerprint density at radius 3 is 2.95 bits per heavy atom. The second-order valence-electron chi connectivity index (χ2n) is 5.53. The molecule has 2 saturated heterocycles. The van der Waals surface area contributed by atoms with Gasteiger partial charge in [-0.15, -0.1) is 0 Å². The van der Waals surface area contributed by atoms with E-state index in [2.05, 4.69) is 5.32 Å². The van der Waals surface area contributed by atoms with Crippen molar-refractivity contribution in [2.75, 3.05) is 26.2 Å². The van der Waals surface area contributed by atoms with Crippen molar-refractivity contribution in [1.29, 1.82) is 0 Å². The molecule has 1 amide bonds. The molecule has 1 N–H and O–H groups in total. The summed E-state index contributed by atoms with van der Waals surface area (Å²) < 4.78 is 0.